The van der Waals surface area contributed by atoms with Crippen LogP contribution in [0.3, 0.4) is 0 Å². The molecule has 0 heterocycles. The lowest BCUT2D eigenvalue weighted by atomic mass is 9.92. The Hall–Kier alpha value is -6.44. The highest BCUT2D eigenvalue weighted by Crippen LogP contribution is 2.43. The van der Waals surface area contributed by atoms with Crippen LogP contribution in [0.5, 0.6) is 0 Å². The zero-order valence-electron chi connectivity index (χ0n) is 27.0. The highest BCUT2D eigenvalue weighted by molar-refractivity contribution is 6.08. The molecule has 1 nitrogen and oxygen atoms in total. The molecule has 230 valence electrons. The average molecular weight is 624 g/mol. The number of hydrogen-bond acceptors (Lipinski definition) is 1. The largest absolute Gasteiger partial charge is 0.310 e. The van der Waals surface area contributed by atoms with Crippen molar-refractivity contribution in [1.82, 2.24) is 0 Å². The van der Waals surface area contributed by atoms with Gasteiger partial charge in [-0.25, -0.2) is 0 Å². The van der Waals surface area contributed by atoms with Gasteiger partial charge in [0.1, 0.15) is 0 Å². The Balaban J connectivity index is 1.16. The van der Waals surface area contributed by atoms with Gasteiger partial charge in [0.2, 0.25) is 0 Å². The van der Waals surface area contributed by atoms with E-state index in [1.54, 1.807) is 0 Å². The second-order valence-electron chi connectivity index (χ2n) is 12.5. The van der Waals surface area contributed by atoms with Gasteiger partial charge in [0.25, 0.3) is 0 Å². The Morgan fingerprint density at radius 1 is 0.265 bits per heavy atom. The summed E-state index contributed by atoms with van der Waals surface area (Å²) < 4.78 is 0. The maximum absolute atomic E-state index is 2.38. The molecule has 0 aliphatic carbocycles. The van der Waals surface area contributed by atoms with Crippen LogP contribution in [-0.2, 0) is 0 Å². The van der Waals surface area contributed by atoms with Crippen molar-refractivity contribution in [2.24, 2.45) is 0 Å². The van der Waals surface area contributed by atoms with Gasteiger partial charge in [-0.2, -0.15) is 0 Å². The third-order valence-corrected chi connectivity index (χ3v) is 9.66. The van der Waals surface area contributed by atoms with Crippen LogP contribution in [0.15, 0.2) is 200 Å². The van der Waals surface area contributed by atoms with Gasteiger partial charge in [0.15, 0.2) is 0 Å². The second kappa shape index (κ2) is 12.3. The van der Waals surface area contributed by atoms with Crippen LogP contribution in [0.4, 0.5) is 17.1 Å². The molecule has 0 atom stereocenters. The van der Waals surface area contributed by atoms with Crippen LogP contribution < -0.4 is 4.90 Å². The van der Waals surface area contributed by atoms with Gasteiger partial charge in [-0.05, 0) is 96.7 Å². The first-order chi connectivity index (χ1) is 24.3. The third-order valence-electron chi connectivity index (χ3n) is 9.66. The Kier molecular flexibility index (Phi) is 7.22. The Labute approximate surface area is 287 Å². The summed E-state index contributed by atoms with van der Waals surface area (Å²) in [5.41, 5.74) is 10.8. The molecule has 9 aromatic carbocycles. The fourth-order valence-corrected chi connectivity index (χ4v) is 7.30. The van der Waals surface area contributed by atoms with Gasteiger partial charge < -0.3 is 4.90 Å². The Morgan fingerprint density at radius 2 is 0.714 bits per heavy atom. The van der Waals surface area contributed by atoms with Gasteiger partial charge >= 0.3 is 0 Å². The molecule has 0 aliphatic heterocycles. The summed E-state index contributed by atoms with van der Waals surface area (Å²) in [5.74, 6) is 0. The summed E-state index contributed by atoms with van der Waals surface area (Å²) in [6.45, 7) is 0. The quantitative estimate of drug-likeness (QED) is 0.178. The molecular weight excluding hydrogens is 591 g/mol. The molecule has 0 saturated carbocycles. The van der Waals surface area contributed by atoms with Crippen molar-refractivity contribution in [1.29, 1.82) is 0 Å². The number of anilines is 3. The van der Waals surface area contributed by atoms with E-state index in [9.17, 15) is 0 Å². The summed E-state index contributed by atoms with van der Waals surface area (Å²) in [7, 11) is 0. The van der Waals surface area contributed by atoms with Crippen LogP contribution in [0.25, 0.3) is 65.7 Å². The van der Waals surface area contributed by atoms with Crippen molar-refractivity contribution in [3.63, 3.8) is 0 Å². The van der Waals surface area contributed by atoms with Crippen LogP contribution in [0, 0.1) is 0 Å². The normalized spacial score (nSPS) is 11.3. The summed E-state index contributed by atoms with van der Waals surface area (Å²) in [5, 5.41) is 7.47. The smallest absolute Gasteiger partial charge is 0.0540 e. The van der Waals surface area contributed by atoms with E-state index in [-0.39, 0.29) is 0 Å². The van der Waals surface area contributed by atoms with E-state index in [1.807, 2.05) is 0 Å². The monoisotopic (exact) mass is 623 g/mol. The maximum Gasteiger partial charge on any atom is 0.0540 e. The molecule has 0 radical (unpaired) electrons. The number of para-hydroxylation sites is 1. The molecule has 0 aromatic heterocycles. The zero-order chi connectivity index (χ0) is 32.6. The molecule has 0 fully saturated rings. The summed E-state index contributed by atoms with van der Waals surface area (Å²) in [6, 6.07) is 72.4. The van der Waals surface area contributed by atoms with Crippen molar-refractivity contribution < 1.29 is 0 Å². The molecule has 9 aromatic rings. The van der Waals surface area contributed by atoms with E-state index in [0.717, 1.165) is 17.1 Å². The molecule has 0 unspecified atom stereocenters. The van der Waals surface area contributed by atoms with Crippen LogP contribution >= 0.6 is 0 Å². The fourth-order valence-electron chi connectivity index (χ4n) is 7.30. The van der Waals surface area contributed by atoms with Crippen LogP contribution in [0.2, 0.25) is 0 Å². The fraction of sp³-hybridized carbons (Fsp3) is 0. The van der Waals surface area contributed by atoms with Crippen LogP contribution in [-0.4, -0.2) is 0 Å². The van der Waals surface area contributed by atoms with E-state index < -0.39 is 0 Å². The first kappa shape index (κ1) is 28.8. The van der Waals surface area contributed by atoms with Gasteiger partial charge in [-0.3, -0.25) is 0 Å². The predicted molar refractivity (Wildman–Crippen MR) is 210 cm³/mol. The number of hydrogen-bond donors (Lipinski definition) is 0. The van der Waals surface area contributed by atoms with Gasteiger partial charge in [-0.15, -0.1) is 0 Å². The number of rotatable bonds is 6. The lowest BCUT2D eigenvalue weighted by Crippen LogP contribution is -2.10. The van der Waals surface area contributed by atoms with Crippen molar-refractivity contribution in [3.05, 3.63) is 200 Å². The molecule has 1 heteroatoms. The third kappa shape index (κ3) is 5.23. The molecule has 0 saturated heterocycles. The molecule has 0 N–H and O–H groups in total. The predicted octanol–water partition coefficient (Wildman–Crippen LogP) is 13.6. The number of fused-ring (bicyclic) bond motifs is 3. The van der Waals surface area contributed by atoms with E-state index >= 15 is 0 Å². The van der Waals surface area contributed by atoms with Gasteiger partial charge in [0, 0.05) is 16.8 Å². The molecular formula is C48H33N. The van der Waals surface area contributed by atoms with Gasteiger partial charge in [-0.1, -0.05) is 164 Å². The minimum Gasteiger partial charge on any atom is -0.310 e. The van der Waals surface area contributed by atoms with E-state index in [1.165, 1.54) is 65.7 Å². The number of benzene rings is 9. The summed E-state index contributed by atoms with van der Waals surface area (Å²) in [6.07, 6.45) is 0. The Bertz CT molecular complexity index is 2590. The lowest BCUT2D eigenvalue weighted by molar-refractivity contribution is 1.30. The van der Waals surface area contributed by atoms with Gasteiger partial charge in [0.05, 0.1) is 5.69 Å². The van der Waals surface area contributed by atoms with Crippen molar-refractivity contribution in [3.8, 4) is 33.4 Å². The Morgan fingerprint density at radius 3 is 1.39 bits per heavy atom. The summed E-state index contributed by atoms with van der Waals surface area (Å²) >= 11 is 0. The topological polar surface area (TPSA) is 3.24 Å². The summed E-state index contributed by atoms with van der Waals surface area (Å²) in [4.78, 5) is 2.38. The minimum absolute atomic E-state index is 1.11. The maximum atomic E-state index is 2.38. The molecule has 0 spiro atoms. The molecule has 0 amide bonds. The zero-order valence-corrected chi connectivity index (χ0v) is 27.0. The average Bonchev–Trinajstić information content (AvgIpc) is 3.18. The highest BCUT2D eigenvalue weighted by Gasteiger charge is 2.18. The SMILES string of the molecule is c1ccc(-c2ccc(-c3ccc(N(c4ccccc4)c4ccc(-c5ccc6ccccc6c5)c5ccccc45)cc3)c3ccccc23)cc1. The molecule has 0 bridgehead atoms. The first-order valence-electron chi connectivity index (χ1n) is 16.9. The molecule has 0 aliphatic rings. The van der Waals surface area contributed by atoms with Crippen molar-refractivity contribution in [2.45, 2.75) is 0 Å². The van der Waals surface area contributed by atoms with Crippen LogP contribution in [0.1, 0.15) is 0 Å². The number of nitrogens with zero attached hydrogens (tertiary/aromatic N) is 1. The van der Waals surface area contributed by atoms with E-state index in [2.05, 4.69) is 205 Å². The van der Waals surface area contributed by atoms with Crippen molar-refractivity contribution in [2.75, 3.05) is 4.90 Å². The van der Waals surface area contributed by atoms with Crippen molar-refractivity contribution >= 4 is 49.4 Å². The first-order valence-corrected chi connectivity index (χ1v) is 16.9. The standard InChI is InChI=1S/C48H33N/c1-3-14-35(15-4-1)41-29-30-42(45-20-10-9-19-44(41)45)36-25-27-40(28-26-36)49(39-17-5-2-6-18-39)48-32-31-43(46-21-11-12-22-47(46)48)38-24-23-34-13-7-8-16-37(34)33-38/h1-33H. The minimum atomic E-state index is 1.11. The molecule has 49 heavy (non-hydrogen) atoms. The molecule has 9 rings (SSSR count). The lowest BCUT2D eigenvalue weighted by Gasteiger charge is -2.27. The van der Waals surface area contributed by atoms with E-state index in [4.69, 9.17) is 0 Å². The highest BCUT2D eigenvalue weighted by atomic mass is 15.1. The second-order valence-corrected chi connectivity index (χ2v) is 12.5. The van der Waals surface area contributed by atoms with E-state index in [0.29, 0.717) is 0 Å².